The predicted octanol–water partition coefficient (Wildman–Crippen LogP) is 3.11. The number of nitrogens with one attached hydrogen (secondary N) is 2. The number of carbonyl (C=O) groups excluding carboxylic acids is 1. The third-order valence-corrected chi connectivity index (χ3v) is 7.92. The van der Waals surface area contributed by atoms with E-state index in [4.69, 9.17) is 4.98 Å². The Morgan fingerprint density at radius 3 is 2.74 bits per heavy atom. The normalized spacial score (nSPS) is 22.6. The summed E-state index contributed by atoms with van der Waals surface area (Å²) in [6.45, 7) is 5.98. The average Bonchev–Trinajstić information content (AvgIpc) is 3.25. The van der Waals surface area contributed by atoms with E-state index in [1.807, 2.05) is 18.3 Å². The van der Waals surface area contributed by atoms with E-state index in [2.05, 4.69) is 55.0 Å². The number of pyridine rings is 1. The topological polar surface area (TPSA) is 91.2 Å². The van der Waals surface area contributed by atoms with Crippen molar-refractivity contribution >= 4 is 34.4 Å². The van der Waals surface area contributed by atoms with E-state index in [0.29, 0.717) is 30.0 Å². The Hall–Kier alpha value is -3.20. The molecule has 1 saturated heterocycles. The van der Waals surface area contributed by atoms with Crippen LogP contribution in [0.5, 0.6) is 0 Å². The predicted molar refractivity (Wildman–Crippen MR) is 133 cm³/mol. The molecule has 1 spiro atoms. The zero-order chi connectivity index (χ0) is 23.3. The molecular weight excluding hydrogens is 428 g/mol. The number of likely N-dealkylation sites (N-methyl/N-ethyl adjacent to an activating group) is 1. The van der Waals surface area contributed by atoms with Crippen molar-refractivity contribution in [2.24, 2.45) is 0 Å². The quantitative estimate of drug-likeness (QED) is 0.621. The van der Waals surface area contributed by atoms with Crippen molar-refractivity contribution in [2.45, 2.75) is 50.6 Å². The molecule has 34 heavy (non-hydrogen) atoms. The standard InChI is InChI=1S/C25H32N8O/c1-17-15-32(11-10-31(17)2)19-6-7-21(26-14-19)29-24-27-13-18-12-20-23(34)28-16-25(8-4-3-5-9-25)33(20)22(18)30-24/h6-7,12-14,17H,3-5,8-11,15-16H2,1-2H3,(H,28,34)(H,26,27,29,30)/t17-/m1/s1. The van der Waals surface area contributed by atoms with Gasteiger partial charge in [0, 0.05) is 43.8 Å². The van der Waals surface area contributed by atoms with Crippen LogP contribution >= 0.6 is 0 Å². The van der Waals surface area contributed by atoms with Crippen LogP contribution in [0.25, 0.3) is 11.0 Å². The van der Waals surface area contributed by atoms with Gasteiger partial charge in [0.15, 0.2) is 0 Å². The molecule has 2 aliphatic heterocycles. The zero-order valence-corrected chi connectivity index (χ0v) is 19.9. The molecule has 2 N–H and O–H groups in total. The van der Waals surface area contributed by atoms with Crippen LogP contribution in [0, 0.1) is 0 Å². The summed E-state index contributed by atoms with van der Waals surface area (Å²) in [6.07, 6.45) is 9.44. The van der Waals surface area contributed by atoms with E-state index in [1.165, 1.54) is 19.3 Å². The van der Waals surface area contributed by atoms with Crippen LogP contribution in [0.1, 0.15) is 49.5 Å². The van der Waals surface area contributed by atoms with Crippen molar-refractivity contribution in [1.82, 2.24) is 29.7 Å². The van der Waals surface area contributed by atoms with Gasteiger partial charge in [-0.15, -0.1) is 0 Å². The summed E-state index contributed by atoms with van der Waals surface area (Å²) in [5.74, 6) is 1.18. The monoisotopic (exact) mass is 460 g/mol. The van der Waals surface area contributed by atoms with Gasteiger partial charge in [0.05, 0.1) is 17.4 Å². The summed E-state index contributed by atoms with van der Waals surface area (Å²) < 4.78 is 2.19. The lowest BCUT2D eigenvalue weighted by Crippen LogP contribution is -2.52. The third kappa shape index (κ3) is 3.58. The largest absolute Gasteiger partial charge is 0.367 e. The Labute approximate surface area is 199 Å². The second kappa shape index (κ2) is 8.23. The SMILES string of the molecule is C[C@@H]1CN(c2ccc(Nc3ncc4cc5n(c4n3)C3(CCCCC3)CNC5=O)nc2)CCN1C. The molecule has 1 atom stereocenters. The Kier molecular flexibility index (Phi) is 5.17. The van der Waals surface area contributed by atoms with E-state index >= 15 is 0 Å². The molecule has 6 rings (SSSR count). The minimum atomic E-state index is -0.0889. The molecule has 3 aromatic rings. The summed E-state index contributed by atoms with van der Waals surface area (Å²) in [6, 6.07) is 6.53. The Morgan fingerprint density at radius 2 is 1.97 bits per heavy atom. The molecule has 3 aromatic heterocycles. The molecule has 0 bridgehead atoms. The van der Waals surface area contributed by atoms with E-state index in [1.54, 1.807) is 6.20 Å². The molecule has 1 aliphatic carbocycles. The first kappa shape index (κ1) is 21.3. The van der Waals surface area contributed by atoms with Gasteiger partial charge >= 0.3 is 0 Å². The highest BCUT2D eigenvalue weighted by Crippen LogP contribution is 2.40. The number of hydrogen-bond acceptors (Lipinski definition) is 7. The lowest BCUT2D eigenvalue weighted by Gasteiger charge is -2.42. The maximum absolute atomic E-state index is 12.6. The first-order valence-corrected chi connectivity index (χ1v) is 12.4. The molecule has 5 heterocycles. The molecule has 2 fully saturated rings. The molecule has 178 valence electrons. The van der Waals surface area contributed by atoms with Gasteiger partial charge in [-0.1, -0.05) is 19.3 Å². The molecule has 9 heteroatoms. The van der Waals surface area contributed by atoms with Crippen molar-refractivity contribution in [1.29, 1.82) is 0 Å². The average molecular weight is 461 g/mol. The minimum Gasteiger partial charge on any atom is -0.367 e. The lowest BCUT2D eigenvalue weighted by atomic mass is 9.80. The van der Waals surface area contributed by atoms with E-state index < -0.39 is 0 Å². The van der Waals surface area contributed by atoms with Gasteiger partial charge in [-0.25, -0.2) is 9.97 Å². The first-order valence-electron chi connectivity index (χ1n) is 12.4. The van der Waals surface area contributed by atoms with Gasteiger partial charge in [-0.3, -0.25) is 4.79 Å². The smallest absolute Gasteiger partial charge is 0.268 e. The summed E-state index contributed by atoms with van der Waals surface area (Å²) in [5, 5.41) is 7.28. The summed E-state index contributed by atoms with van der Waals surface area (Å²) in [4.78, 5) is 31.4. The number of carbonyl (C=O) groups is 1. The Balaban J connectivity index is 1.28. The summed E-state index contributed by atoms with van der Waals surface area (Å²) >= 11 is 0. The Morgan fingerprint density at radius 1 is 1.12 bits per heavy atom. The van der Waals surface area contributed by atoms with Crippen LogP contribution in [-0.4, -0.2) is 69.6 Å². The molecule has 0 unspecified atom stereocenters. The molecule has 1 amide bonds. The van der Waals surface area contributed by atoms with Crippen molar-refractivity contribution in [3.05, 3.63) is 36.3 Å². The van der Waals surface area contributed by atoms with Gasteiger partial charge in [0.2, 0.25) is 5.95 Å². The first-order chi connectivity index (χ1) is 16.5. The van der Waals surface area contributed by atoms with Crippen LogP contribution in [0.15, 0.2) is 30.6 Å². The molecule has 0 radical (unpaired) electrons. The minimum absolute atomic E-state index is 0.0285. The maximum Gasteiger partial charge on any atom is 0.268 e. The van der Waals surface area contributed by atoms with Crippen molar-refractivity contribution < 1.29 is 4.79 Å². The second-order valence-electron chi connectivity index (χ2n) is 10.1. The van der Waals surface area contributed by atoms with Crippen molar-refractivity contribution in [3.63, 3.8) is 0 Å². The molecular formula is C25H32N8O. The fraction of sp³-hybridized carbons (Fsp3) is 0.520. The van der Waals surface area contributed by atoms with Gasteiger partial charge in [-0.05, 0) is 45.0 Å². The van der Waals surface area contributed by atoms with Crippen LogP contribution in [0.2, 0.25) is 0 Å². The van der Waals surface area contributed by atoms with Gasteiger partial charge in [0.25, 0.3) is 5.91 Å². The second-order valence-corrected chi connectivity index (χ2v) is 10.1. The highest BCUT2D eigenvalue weighted by atomic mass is 16.2. The number of anilines is 3. The number of hydrogen-bond donors (Lipinski definition) is 2. The number of amides is 1. The van der Waals surface area contributed by atoms with E-state index in [0.717, 1.165) is 49.2 Å². The molecule has 3 aliphatic rings. The molecule has 1 saturated carbocycles. The number of rotatable bonds is 3. The fourth-order valence-electron chi connectivity index (χ4n) is 5.77. The van der Waals surface area contributed by atoms with Gasteiger partial charge in [-0.2, -0.15) is 4.98 Å². The van der Waals surface area contributed by atoms with Crippen LogP contribution in [0.4, 0.5) is 17.5 Å². The number of piperazine rings is 1. The number of fused-ring (bicyclic) bond motifs is 4. The zero-order valence-electron chi connectivity index (χ0n) is 19.9. The van der Waals surface area contributed by atoms with Crippen molar-refractivity contribution in [3.8, 4) is 0 Å². The van der Waals surface area contributed by atoms with Crippen LogP contribution in [0.3, 0.4) is 0 Å². The summed E-state index contributed by atoms with van der Waals surface area (Å²) in [7, 11) is 2.18. The highest BCUT2D eigenvalue weighted by molar-refractivity contribution is 5.99. The number of nitrogens with zero attached hydrogens (tertiary/aromatic N) is 6. The fourth-order valence-corrected chi connectivity index (χ4v) is 5.77. The summed E-state index contributed by atoms with van der Waals surface area (Å²) in [5.41, 5.74) is 2.56. The number of aromatic nitrogens is 4. The van der Waals surface area contributed by atoms with Gasteiger partial charge < -0.3 is 25.0 Å². The Bertz CT molecular complexity index is 1210. The highest BCUT2D eigenvalue weighted by Gasteiger charge is 2.41. The third-order valence-electron chi connectivity index (χ3n) is 7.92. The lowest BCUT2D eigenvalue weighted by molar-refractivity contribution is 0.0833. The van der Waals surface area contributed by atoms with Crippen LogP contribution < -0.4 is 15.5 Å². The maximum atomic E-state index is 12.6. The van der Waals surface area contributed by atoms with Crippen molar-refractivity contribution in [2.75, 3.05) is 43.4 Å². The molecule has 9 nitrogen and oxygen atoms in total. The van der Waals surface area contributed by atoms with Gasteiger partial charge in [0.1, 0.15) is 17.2 Å². The molecule has 0 aromatic carbocycles. The van der Waals surface area contributed by atoms with E-state index in [-0.39, 0.29) is 11.4 Å². The van der Waals surface area contributed by atoms with Crippen LogP contribution in [-0.2, 0) is 5.54 Å². The van der Waals surface area contributed by atoms with E-state index in [9.17, 15) is 4.79 Å².